The maximum Gasteiger partial charge on any atom is 0.163 e. The highest BCUT2D eigenvalue weighted by Crippen LogP contribution is 2.29. The van der Waals surface area contributed by atoms with Crippen molar-refractivity contribution in [3.05, 3.63) is 53.6 Å². The van der Waals surface area contributed by atoms with Crippen molar-refractivity contribution < 1.29 is 4.79 Å². The van der Waals surface area contributed by atoms with Crippen LogP contribution in [-0.4, -0.2) is 31.3 Å². The quantitative estimate of drug-likeness (QED) is 0.797. The molecule has 0 saturated heterocycles. The summed E-state index contributed by atoms with van der Waals surface area (Å²) < 4.78 is 0. The molecule has 1 saturated carbocycles. The maximum atomic E-state index is 12.4. The molecule has 0 bridgehead atoms. The third kappa shape index (κ3) is 3.06. The van der Waals surface area contributed by atoms with E-state index in [1.54, 1.807) is 0 Å². The molecular formula is C19H21NO. The van der Waals surface area contributed by atoms with E-state index in [-0.39, 0.29) is 5.92 Å². The van der Waals surface area contributed by atoms with Crippen LogP contribution in [0.1, 0.15) is 18.4 Å². The first kappa shape index (κ1) is 14.0. The van der Waals surface area contributed by atoms with E-state index in [0.717, 1.165) is 30.5 Å². The predicted molar refractivity (Wildman–Crippen MR) is 88.2 cm³/mol. The molecule has 1 fully saturated rings. The molecule has 0 spiro atoms. The Morgan fingerprint density at radius 3 is 2.67 bits per heavy atom. The van der Waals surface area contributed by atoms with Crippen LogP contribution in [0.3, 0.4) is 0 Å². The smallest absolute Gasteiger partial charge is 0.163 e. The van der Waals surface area contributed by atoms with Crippen molar-refractivity contribution in [2.45, 2.75) is 12.8 Å². The van der Waals surface area contributed by atoms with E-state index in [1.807, 2.05) is 26.2 Å². The number of hydrogen-bond acceptors (Lipinski definition) is 2. The number of benzene rings is 2. The normalized spacial score (nSPS) is 20.8. The van der Waals surface area contributed by atoms with E-state index in [4.69, 9.17) is 0 Å². The van der Waals surface area contributed by atoms with Crippen LogP contribution < -0.4 is 0 Å². The van der Waals surface area contributed by atoms with Gasteiger partial charge in [0.2, 0.25) is 0 Å². The highest BCUT2D eigenvalue weighted by Gasteiger charge is 2.29. The van der Waals surface area contributed by atoms with Gasteiger partial charge >= 0.3 is 0 Å². The molecule has 108 valence electrons. The van der Waals surface area contributed by atoms with Crippen LogP contribution in [0.15, 0.2) is 48.0 Å². The lowest BCUT2D eigenvalue weighted by Crippen LogP contribution is -2.24. The van der Waals surface area contributed by atoms with Gasteiger partial charge in [0.05, 0.1) is 0 Å². The first-order valence-electron chi connectivity index (χ1n) is 7.52. The molecule has 1 atom stereocenters. The molecule has 1 aliphatic rings. The van der Waals surface area contributed by atoms with Gasteiger partial charge in [-0.25, -0.2) is 0 Å². The zero-order valence-electron chi connectivity index (χ0n) is 12.7. The fourth-order valence-electron chi connectivity index (χ4n) is 3.10. The van der Waals surface area contributed by atoms with Crippen molar-refractivity contribution in [1.82, 2.24) is 4.90 Å². The Kier molecular flexibility index (Phi) is 3.89. The summed E-state index contributed by atoms with van der Waals surface area (Å²) in [6.07, 6.45) is 3.96. The lowest BCUT2D eigenvalue weighted by Gasteiger charge is -2.13. The third-order valence-electron chi connectivity index (χ3n) is 4.15. The molecule has 0 amide bonds. The minimum Gasteiger partial charge on any atom is -0.309 e. The van der Waals surface area contributed by atoms with Crippen molar-refractivity contribution in [3.8, 4) is 0 Å². The first-order valence-corrected chi connectivity index (χ1v) is 7.52. The summed E-state index contributed by atoms with van der Waals surface area (Å²) in [5.74, 6) is 0.503. The molecule has 3 rings (SSSR count). The van der Waals surface area contributed by atoms with E-state index in [1.165, 1.54) is 10.8 Å². The van der Waals surface area contributed by atoms with Crippen molar-refractivity contribution >= 4 is 22.6 Å². The monoisotopic (exact) mass is 279 g/mol. The van der Waals surface area contributed by atoms with Gasteiger partial charge in [0, 0.05) is 12.5 Å². The molecule has 2 aromatic rings. The second-order valence-electron chi connectivity index (χ2n) is 6.14. The van der Waals surface area contributed by atoms with Crippen LogP contribution in [0, 0.1) is 5.92 Å². The lowest BCUT2D eigenvalue weighted by molar-refractivity contribution is -0.118. The molecule has 2 nitrogen and oxygen atoms in total. The van der Waals surface area contributed by atoms with Gasteiger partial charge in [0.25, 0.3) is 0 Å². The first-order chi connectivity index (χ1) is 10.1. The number of hydrogen-bond donors (Lipinski definition) is 0. The second-order valence-corrected chi connectivity index (χ2v) is 6.14. The van der Waals surface area contributed by atoms with Gasteiger partial charge in [0.1, 0.15) is 0 Å². The van der Waals surface area contributed by atoms with Crippen LogP contribution in [0.25, 0.3) is 16.8 Å². The molecule has 0 N–H and O–H groups in total. The molecule has 0 radical (unpaired) electrons. The predicted octanol–water partition coefficient (Wildman–Crippen LogP) is 3.76. The van der Waals surface area contributed by atoms with Crippen LogP contribution in [0.5, 0.6) is 0 Å². The van der Waals surface area contributed by atoms with Crippen LogP contribution >= 0.6 is 0 Å². The van der Waals surface area contributed by atoms with Crippen molar-refractivity contribution in [1.29, 1.82) is 0 Å². The summed E-state index contributed by atoms with van der Waals surface area (Å²) in [5.41, 5.74) is 2.11. The molecule has 0 aromatic heterocycles. The Morgan fingerprint density at radius 2 is 1.90 bits per heavy atom. The van der Waals surface area contributed by atoms with Crippen molar-refractivity contribution in [3.63, 3.8) is 0 Å². The number of rotatable bonds is 3. The average molecular weight is 279 g/mol. The number of allylic oxidation sites excluding steroid dienone is 1. The number of fused-ring (bicyclic) bond motifs is 1. The van der Waals surface area contributed by atoms with Gasteiger partial charge < -0.3 is 4.90 Å². The number of carbonyl (C=O) groups excluding carboxylic acids is 1. The molecule has 1 unspecified atom stereocenters. The molecule has 2 heteroatoms. The molecular weight excluding hydrogens is 258 g/mol. The molecule has 21 heavy (non-hydrogen) atoms. The highest BCUT2D eigenvalue weighted by molar-refractivity contribution is 6.03. The minimum atomic E-state index is 0.173. The van der Waals surface area contributed by atoms with Crippen LogP contribution in [-0.2, 0) is 4.79 Å². The number of nitrogens with zero attached hydrogens (tertiary/aromatic N) is 1. The molecule has 1 aliphatic carbocycles. The Balaban J connectivity index is 1.85. The Morgan fingerprint density at radius 1 is 1.14 bits per heavy atom. The Hall–Kier alpha value is -1.93. The van der Waals surface area contributed by atoms with Gasteiger partial charge in [0.15, 0.2) is 5.78 Å². The van der Waals surface area contributed by atoms with E-state index in [9.17, 15) is 4.79 Å². The molecule has 0 heterocycles. The summed E-state index contributed by atoms with van der Waals surface area (Å²) in [7, 11) is 4.05. The van der Waals surface area contributed by atoms with Crippen molar-refractivity contribution in [2.24, 2.45) is 5.92 Å². The van der Waals surface area contributed by atoms with Crippen molar-refractivity contribution in [2.75, 3.05) is 20.6 Å². The lowest BCUT2D eigenvalue weighted by atomic mass is 10.0. The summed E-state index contributed by atoms with van der Waals surface area (Å²) in [6.45, 7) is 0.855. The fourth-order valence-corrected chi connectivity index (χ4v) is 3.10. The van der Waals surface area contributed by atoms with Crippen LogP contribution in [0.2, 0.25) is 0 Å². The zero-order chi connectivity index (χ0) is 14.8. The molecule has 0 aliphatic heterocycles. The fraction of sp³-hybridized carbons (Fsp3) is 0.316. The van der Waals surface area contributed by atoms with Gasteiger partial charge in [-0.05, 0) is 61.0 Å². The van der Waals surface area contributed by atoms with Gasteiger partial charge in [-0.2, -0.15) is 0 Å². The number of Topliss-reactive ketones (excluding diaryl/α,β-unsaturated/α-hetero) is 1. The van der Waals surface area contributed by atoms with E-state index in [0.29, 0.717) is 5.78 Å². The summed E-state index contributed by atoms with van der Waals surface area (Å²) in [5, 5.41) is 2.46. The average Bonchev–Trinajstić information content (AvgIpc) is 2.80. The minimum absolute atomic E-state index is 0.173. The second kappa shape index (κ2) is 5.82. The summed E-state index contributed by atoms with van der Waals surface area (Å²) in [6, 6.07) is 14.7. The third-order valence-corrected chi connectivity index (χ3v) is 4.15. The Labute approximate surface area is 126 Å². The zero-order valence-corrected chi connectivity index (χ0v) is 12.7. The SMILES string of the molecule is CN(C)CC1CC/C(=C\c2ccc3ccccc3c2)C1=O. The van der Waals surface area contributed by atoms with Gasteiger partial charge in [-0.3, -0.25) is 4.79 Å². The topological polar surface area (TPSA) is 20.3 Å². The van der Waals surface area contributed by atoms with Gasteiger partial charge in [-0.15, -0.1) is 0 Å². The number of ketones is 1. The largest absolute Gasteiger partial charge is 0.309 e. The maximum absolute atomic E-state index is 12.4. The van der Waals surface area contributed by atoms with E-state index >= 15 is 0 Å². The van der Waals surface area contributed by atoms with Crippen LogP contribution in [0.4, 0.5) is 0 Å². The van der Waals surface area contributed by atoms with E-state index < -0.39 is 0 Å². The van der Waals surface area contributed by atoms with E-state index in [2.05, 4.69) is 41.3 Å². The number of carbonyl (C=O) groups is 1. The van der Waals surface area contributed by atoms with Gasteiger partial charge in [-0.1, -0.05) is 36.4 Å². The Bertz CT molecular complexity index is 700. The standard InChI is InChI=1S/C19H21NO/c1-20(2)13-18-10-9-17(19(18)21)12-14-7-8-15-5-3-4-6-16(15)11-14/h3-8,11-12,18H,9-10,13H2,1-2H3/b17-12+. The summed E-state index contributed by atoms with van der Waals surface area (Å²) >= 11 is 0. The summed E-state index contributed by atoms with van der Waals surface area (Å²) in [4.78, 5) is 14.5. The highest BCUT2D eigenvalue weighted by atomic mass is 16.1. The molecule has 2 aromatic carbocycles.